The fourth-order valence-corrected chi connectivity index (χ4v) is 1.09. The molecule has 1 aromatic carbocycles. The van der Waals surface area contributed by atoms with Crippen LogP contribution in [0.4, 0.5) is 10.5 Å². The molecule has 2 amide bonds. The van der Waals surface area contributed by atoms with Gasteiger partial charge in [0, 0.05) is 0 Å². The second-order valence-corrected chi connectivity index (χ2v) is 2.47. The molecule has 0 saturated carbocycles. The summed E-state index contributed by atoms with van der Waals surface area (Å²) >= 11 is 0. The molecule has 0 aliphatic heterocycles. The molecule has 13 heavy (non-hydrogen) atoms. The Labute approximate surface area is 73.1 Å². The van der Waals surface area contributed by atoms with Crippen molar-refractivity contribution in [1.29, 1.82) is 0 Å². The van der Waals surface area contributed by atoms with E-state index in [1.165, 1.54) is 0 Å². The van der Waals surface area contributed by atoms with Crippen molar-refractivity contribution in [3.8, 4) is 0 Å². The highest BCUT2D eigenvalue weighted by molar-refractivity contribution is 5.97. The van der Waals surface area contributed by atoms with Crippen molar-refractivity contribution in [1.82, 2.24) is 21.1 Å². The number of hydrogen-bond donors (Lipinski definition) is 2. The number of nitrogens with one attached hydrogen (secondary N) is 3. The maximum atomic E-state index is 10.5. The first-order valence-corrected chi connectivity index (χ1v) is 3.60. The fraction of sp³-hybridized carbons (Fsp3) is 0. The van der Waals surface area contributed by atoms with Gasteiger partial charge in [-0.25, -0.2) is 10.5 Å². The van der Waals surface area contributed by atoms with Crippen molar-refractivity contribution >= 4 is 22.8 Å². The lowest BCUT2D eigenvalue weighted by Gasteiger charge is -1.99. The van der Waals surface area contributed by atoms with Crippen LogP contribution in [0.5, 0.6) is 0 Å². The first-order chi connectivity index (χ1) is 6.27. The van der Waals surface area contributed by atoms with Crippen molar-refractivity contribution in [2.24, 2.45) is 0 Å². The number of nitrogens with zero attached hydrogens (tertiary/aromatic N) is 2. The molecular weight excluding hydrogens is 170 g/mol. The third-order valence-corrected chi connectivity index (χ3v) is 1.60. The number of H-pyrrole nitrogens is 1. The zero-order chi connectivity index (χ0) is 9.26. The number of benzene rings is 1. The van der Waals surface area contributed by atoms with E-state index < -0.39 is 6.03 Å². The van der Waals surface area contributed by atoms with Crippen molar-refractivity contribution in [3.05, 3.63) is 18.2 Å². The Morgan fingerprint density at radius 3 is 3.15 bits per heavy atom. The van der Waals surface area contributed by atoms with E-state index in [9.17, 15) is 4.79 Å². The number of urea groups is 1. The molecule has 6 nitrogen and oxygen atoms in total. The van der Waals surface area contributed by atoms with Gasteiger partial charge in [0.1, 0.15) is 5.52 Å². The molecular formula is C7H6N5O. The summed E-state index contributed by atoms with van der Waals surface area (Å²) in [6.45, 7) is 0. The number of carbonyl (C=O) groups excluding carboxylic acids is 1. The number of anilines is 1. The summed E-state index contributed by atoms with van der Waals surface area (Å²) in [5, 5.41) is 12.3. The standard InChI is InChI=1S/C7H6N5O/c8-7(13)9-4-2-1-3-5-6(4)11-12-10-5/h1-3,8H,(H,9,13)(H,10,11,12). The minimum Gasteiger partial charge on any atom is -0.304 e. The smallest absolute Gasteiger partial charge is 0.304 e. The molecule has 65 valence electrons. The van der Waals surface area contributed by atoms with Gasteiger partial charge >= 0.3 is 6.03 Å². The molecule has 0 aliphatic rings. The number of aromatic nitrogens is 3. The van der Waals surface area contributed by atoms with Gasteiger partial charge in [0.2, 0.25) is 0 Å². The molecule has 1 aromatic heterocycles. The topological polar surface area (TPSA) is 94.5 Å². The van der Waals surface area contributed by atoms with Gasteiger partial charge in [-0.15, -0.1) is 5.10 Å². The second-order valence-electron chi connectivity index (χ2n) is 2.47. The van der Waals surface area contributed by atoms with E-state index >= 15 is 0 Å². The van der Waals surface area contributed by atoms with Crippen molar-refractivity contribution in [2.45, 2.75) is 0 Å². The van der Waals surface area contributed by atoms with E-state index in [0.717, 1.165) is 5.52 Å². The normalized spacial score (nSPS) is 10.2. The molecule has 3 N–H and O–H groups in total. The molecule has 0 aliphatic carbocycles. The SMILES string of the molecule is [NH]C(=O)Nc1cccc2[nH]nnc12. The number of amides is 2. The largest absolute Gasteiger partial charge is 0.338 e. The highest BCUT2D eigenvalue weighted by atomic mass is 16.2. The molecule has 6 heteroatoms. The minimum absolute atomic E-state index is 0.492. The summed E-state index contributed by atoms with van der Waals surface area (Å²) in [6, 6.07) is 4.33. The Balaban J connectivity index is 2.54. The molecule has 0 unspecified atom stereocenters. The number of carbonyl (C=O) groups is 1. The van der Waals surface area contributed by atoms with Crippen LogP contribution in [-0.4, -0.2) is 21.4 Å². The zero-order valence-corrected chi connectivity index (χ0v) is 6.53. The molecule has 0 bridgehead atoms. The minimum atomic E-state index is -0.865. The first-order valence-electron chi connectivity index (χ1n) is 3.60. The maximum Gasteiger partial charge on any atom is 0.338 e. The van der Waals surface area contributed by atoms with E-state index in [-0.39, 0.29) is 0 Å². The van der Waals surface area contributed by atoms with Crippen LogP contribution in [0, 0.1) is 0 Å². The summed E-state index contributed by atoms with van der Waals surface area (Å²) in [5.74, 6) is 0. The van der Waals surface area contributed by atoms with Crippen molar-refractivity contribution in [3.63, 3.8) is 0 Å². The predicted molar refractivity (Wildman–Crippen MR) is 46.0 cm³/mol. The van der Waals surface area contributed by atoms with Gasteiger partial charge in [-0.2, -0.15) is 0 Å². The Kier molecular flexibility index (Phi) is 1.59. The number of fused-ring (bicyclic) bond motifs is 1. The van der Waals surface area contributed by atoms with E-state index in [1.807, 2.05) is 0 Å². The molecule has 0 spiro atoms. The average molecular weight is 176 g/mol. The molecule has 0 saturated heterocycles. The molecule has 1 heterocycles. The van der Waals surface area contributed by atoms with Crippen LogP contribution in [0.3, 0.4) is 0 Å². The quantitative estimate of drug-likeness (QED) is 0.671. The van der Waals surface area contributed by atoms with Gasteiger partial charge in [0.15, 0.2) is 0 Å². The van der Waals surface area contributed by atoms with Crippen LogP contribution >= 0.6 is 0 Å². The Morgan fingerprint density at radius 1 is 1.54 bits per heavy atom. The van der Waals surface area contributed by atoms with E-state index in [2.05, 4.69) is 20.7 Å². The Hall–Kier alpha value is -2.11. The molecule has 1 radical (unpaired) electrons. The summed E-state index contributed by atoms with van der Waals surface area (Å²) in [6.07, 6.45) is 0. The Bertz CT molecular complexity index is 449. The average Bonchev–Trinajstić information content (AvgIpc) is 2.51. The van der Waals surface area contributed by atoms with Crippen LogP contribution in [0.1, 0.15) is 0 Å². The number of hydrogen-bond acceptors (Lipinski definition) is 3. The van der Waals surface area contributed by atoms with E-state index in [0.29, 0.717) is 11.2 Å². The lowest BCUT2D eigenvalue weighted by molar-refractivity contribution is 0.258. The van der Waals surface area contributed by atoms with Crippen LogP contribution in [0.2, 0.25) is 0 Å². The van der Waals surface area contributed by atoms with Crippen LogP contribution < -0.4 is 11.1 Å². The van der Waals surface area contributed by atoms with Crippen LogP contribution in [0.25, 0.3) is 11.0 Å². The highest BCUT2D eigenvalue weighted by Crippen LogP contribution is 2.18. The first kappa shape index (κ1) is 7.53. The van der Waals surface area contributed by atoms with Gasteiger partial charge in [-0.05, 0) is 12.1 Å². The van der Waals surface area contributed by atoms with E-state index in [4.69, 9.17) is 5.73 Å². The molecule has 2 rings (SSSR count). The van der Waals surface area contributed by atoms with Gasteiger partial charge in [0.05, 0.1) is 11.2 Å². The highest BCUT2D eigenvalue weighted by Gasteiger charge is 2.04. The molecule has 2 aromatic rings. The monoisotopic (exact) mass is 176 g/mol. The number of aromatic amines is 1. The third-order valence-electron chi connectivity index (χ3n) is 1.60. The van der Waals surface area contributed by atoms with Gasteiger partial charge in [-0.3, -0.25) is 5.10 Å². The van der Waals surface area contributed by atoms with Crippen molar-refractivity contribution in [2.75, 3.05) is 5.32 Å². The van der Waals surface area contributed by atoms with Gasteiger partial charge in [-0.1, -0.05) is 11.3 Å². The zero-order valence-electron chi connectivity index (χ0n) is 6.53. The summed E-state index contributed by atoms with van der Waals surface area (Å²) in [7, 11) is 0. The maximum absolute atomic E-state index is 10.5. The molecule has 0 atom stereocenters. The van der Waals surface area contributed by atoms with Gasteiger partial charge in [0.25, 0.3) is 0 Å². The third kappa shape index (κ3) is 1.28. The summed E-state index contributed by atoms with van der Waals surface area (Å²) in [5.41, 5.74) is 8.51. The Morgan fingerprint density at radius 2 is 2.38 bits per heavy atom. The fourth-order valence-electron chi connectivity index (χ4n) is 1.09. The lowest BCUT2D eigenvalue weighted by Crippen LogP contribution is -2.09. The predicted octanol–water partition coefficient (Wildman–Crippen LogP) is 0.773. The van der Waals surface area contributed by atoms with Crippen molar-refractivity contribution < 1.29 is 4.79 Å². The second kappa shape index (κ2) is 2.74. The van der Waals surface area contributed by atoms with Gasteiger partial charge < -0.3 is 5.32 Å². The lowest BCUT2D eigenvalue weighted by atomic mass is 10.3. The van der Waals surface area contributed by atoms with Crippen LogP contribution in [-0.2, 0) is 0 Å². The van der Waals surface area contributed by atoms with E-state index in [1.54, 1.807) is 18.2 Å². The van der Waals surface area contributed by atoms with Crippen LogP contribution in [0.15, 0.2) is 18.2 Å². The summed E-state index contributed by atoms with van der Waals surface area (Å²) < 4.78 is 0. The number of rotatable bonds is 1. The molecule has 0 fully saturated rings. The summed E-state index contributed by atoms with van der Waals surface area (Å²) in [4.78, 5) is 10.5.